The van der Waals surface area contributed by atoms with Gasteiger partial charge in [0.2, 0.25) is 0 Å². The van der Waals surface area contributed by atoms with Crippen LogP contribution in [-0.4, -0.2) is 56.7 Å². The molecule has 1 aromatic carbocycles. The van der Waals surface area contributed by atoms with Crippen molar-refractivity contribution in [1.29, 1.82) is 0 Å². The molecule has 1 saturated heterocycles. The normalized spacial score (nSPS) is 16.2. The van der Waals surface area contributed by atoms with Crippen LogP contribution in [0.15, 0.2) is 35.5 Å². The molecular formula is C24H34IN5O2. The van der Waals surface area contributed by atoms with Crippen LogP contribution in [0.5, 0.6) is 11.5 Å². The summed E-state index contributed by atoms with van der Waals surface area (Å²) in [4.78, 5) is 13.8. The Balaban J connectivity index is 0.00000289. The molecule has 8 heteroatoms. The van der Waals surface area contributed by atoms with E-state index < -0.39 is 0 Å². The number of pyridine rings is 1. The quantitative estimate of drug-likeness (QED) is 0.346. The molecule has 174 valence electrons. The van der Waals surface area contributed by atoms with E-state index in [0.717, 1.165) is 62.4 Å². The fraction of sp³-hybridized carbons (Fsp3) is 0.500. The first kappa shape index (κ1) is 24.4. The molecule has 2 aliphatic rings. The van der Waals surface area contributed by atoms with Gasteiger partial charge in [0.05, 0.1) is 14.2 Å². The fourth-order valence-corrected chi connectivity index (χ4v) is 4.44. The van der Waals surface area contributed by atoms with Crippen molar-refractivity contribution in [2.24, 2.45) is 4.99 Å². The van der Waals surface area contributed by atoms with Crippen molar-refractivity contribution in [2.75, 3.05) is 45.8 Å². The number of nitrogens with one attached hydrogen (secondary N) is 1. The number of guanidine groups is 1. The summed E-state index contributed by atoms with van der Waals surface area (Å²) in [6.45, 7) is 4.65. The van der Waals surface area contributed by atoms with Crippen molar-refractivity contribution in [1.82, 2.24) is 15.2 Å². The minimum Gasteiger partial charge on any atom is -0.493 e. The van der Waals surface area contributed by atoms with E-state index in [0.29, 0.717) is 0 Å². The number of hydrogen-bond donors (Lipinski definition) is 1. The molecule has 4 rings (SSSR count). The lowest BCUT2D eigenvalue weighted by Gasteiger charge is -2.32. The van der Waals surface area contributed by atoms with Gasteiger partial charge in [-0.05, 0) is 66.6 Å². The smallest absolute Gasteiger partial charge is 0.194 e. The monoisotopic (exact) mass is 551 g/mol. The molecule has 1 fully saturated rings. The Hall–Kier alpha value is -2.23. The van der Waals surface area contributed by atoms with E-state index in [-0.39, 0.29) is 24.0 Å². The summed E-state index contributed by atoms with van der Waals surface area (Å²) in [5.74, 6) is 3.56. The summed E-state index contributed by atoms with van der Waals surface area (Å²) in [5, 5.41) is 3.54. The number of methoxy groups -OCH3 is 2. The molecule has 0 bridgehead atoms. The second kappa shape index (κ2) is 11.6. The highest BCUT2D eigenvalue weighted by atomic mass is 127. The molecule has 1 aromatic heterocycles. The van der Waals surface area contributed by atoms with Crippen molar-refractivity contribution >= 4 is 35.8 Å². The third kappa shape index (κ3) is 5.57. The largest absolute Gasteiger partial charge is 0.493 e. The zero-order valence-electron chi connectivity index (χ0n) is 19.3. The third-order valence-corrected chi connectivity index (χ3v) is 6.17. The first-order valence-electron chi connectivity index (χ1n) is 11.1. The lowest BCUT2D eigenvalue weighted by molar-refractivity contribution is 0.346. The van der Waals surface area contributed by atoms with Gasteiger partial charge in [-0.2, -0.15) is 0 Å². The molecule has 0 unspecified atom stereocenters. The second-order valence-electron chi connectivity index (χ2n) is 8.12. The van der Waals surface area contributed by atoms with Gasteiger partial charge in [-0.15, -0.1) is 24.0 Å². The van der Waals surface area contributed by atoms with Gasteiger partial charge in [0.25, 0.3) is 0 Å². The van der Waals surface area contributed by atoms with Gasteiger partial charge in [-0.3, -0.25) is 4.99 Å². The minimum atomic E-state index is 0. The Kier molecular flexibility index (Phi) is 8.84. The van der Waals surface area contributed by atoms with Gasteiger partial charge in [-0.25, -0.2) is 4.98 Å². The Labute approximate surface area is 208 Å². The standard InChI is InChI=1S/C24H33N5O2.HI/c1-25-24(27-16-18-7-9-26-23(13-18)28-10-5-4-6-11-28)29-12-8-19-14-21(30-2)22(31-3)15-20(19)17-29;/h7,9,13-15H,4-6,8,10-12,16-17H2,1-3H3,(H,25,27);1H. The predicted molar refractivity (Wildman–Crippen MR) is 140 cm³/mol. The van der Waals surface area contributed by atoms with Gasteiger partial charge in [0.1, 0.15) is 5.82 Å². The number of halogens is 1. The van der Waals surface area contributed by atoms with E-state index in [1.54, 1.807) is 14.2 Å². The maximum Gasteiger partial charge on any atom is 0.194 e. The molecule has 32 heavy (non-hydrogen) atoms. The number of nitrogens with zero attached hydrogens (tertiary/aromatic N) is 4. The maximum atomic E-state index is 5.49. The number of fused-ring (bicyclic) bond motifs is 1. The van der Waals surface area contributed by atoms with Crippen LogP contribution >= 0.6 is 24.0 Å². The molecule has 0 amide bonds. The maximum absolute atomic E-state index is 5.49. The molecule has 0 aliphatic carbocycles. The molecular weight excluding hydrogens is 517 g/mol. The van der Waals surface area contributed by atoms with Crippen LogP contribution in [0.2, 0.25) is 0 Å². The van der Waals surface area contributed by atoms with Gasteiger partial charge >= 0.3 is 0 Å². The molecule has 3 heterocycles. The lowest BCUT2D eigenvalue weighted by Crippen LogP contribution is -2.43. The first-order chi connectivity index (χ1) is 15.2. The Bertz CT molecular complexity index is 931. The Morgan fingerprint density at radius 3 is 2.44 bits per heavy atom. The topological polar surface area (TPSA) is 62.2 Å². The average molecular weight is 551 g/mol. The van der Waals surface area contributed by atoms with Crippen molar-refractivity contribution in [3.05, 3.63) is 47.2 Å². The van der Waals surface area contributed by atoms with Gasteiger partial charge < -0.3 is 24.6 Å². The molecule has 0 saturated carbocycles. The van der Waals surface area contributed by atoms with Crippen LogP contribution in [0, 0.1) is 0 Å². The summed E-state index contributed by atoms with van der Waals surface area (Å²) in [7, 11) is 5.21. The summed E-state index contributed by atoms with van der Waals surface area (Å²) in [6.07, 6.45) is 6.70. The SMILES string of the molecule is CN=C(NCc1ccnc(N2CCCCC2)c1)N1CCc2cc(OC)c(OC)cc2C1.I. The van der Waals surface area contributed by atoms with Crippen LogP contribution in [-0.2, 0) is 19.5 Å². The fourth-order valence-electron chi connectivity index (χ4n) is 4.44. The van der Waals surface area contributed by atoms with E-state index in [1.807, 2.05) is 13.2 Å². The average Bonchev–Trinajstić information content (AvgIpc) is 2.84. The van der Waals surface area contributed by atoms with E-state index >= 15 is 0 Å². The molecule has 7 nitrogen and oxygen atoms in total. The number of aliphatic imine (C=N–C) groups is 1. The van der Waals surface area contributed by atoms with Crippen LogP contribution < -0.4 is 19.7 Å². The minimum absolute atomic E-state index is 0. The van der Waals surface area contributed by atoms with E-state index in [9.17, 15) is 0 Å². The Morgan fingerprint density at radius 1 is 1.03 bits per heavy atom. The lowest BCUT2D eigenvalue weighted by atomic mass is 9.99. The number of ether oxygens (including phenoxy) is 2. The number of rotatable bonds is 5. The summed E-state index contributed by atoms with van der Waals surface area (Å²) >= 11 is 0. The summed E-state index contributed by atoms with van der Waals surface area (Å²) in [5.41, 5.74) is 3.79. The zero-order chi connectivity index (χ0) is 21.6. The van der Waals surface area contributed by atoms with Crippen molar-refractivity contribution < 1.29 is 9.47 Å². The van der Waals surface area contributed by atoms with Crippen molar-refractivity contribution in [3.63, 3.8) is 0 Å². The number of piperidine rings is 1. The van der Waals surface area contributed by atoms with Crippen molar-refractivity contribution in [3.8, 4) is 11.5 Å². The zero-order valence-corrected chi connectivity index (χ0v) is 21.6. The third-order valence-electron chi connectivity index (χ3n) is 6.17. The number of aromatic nitrogens is 1. The number of anilines is 1. The van der Waals surface area contributed by atoms with E-state index in [4.69, 9.17) is 9.47 Å². The van der Waals surface area contributed by atoms with E-state index in [2.05, 4.69) is 49.4 Å². The first-order valence-corrected chi connectivity index (χ1v) is 11.1. The highest BCUT2D eigenvalue weighted by Crippen LogP contribution is 2.33. The Morgan fingerprint density at radius 2 is 1.75 bits per heavy atom. The predicted octanol–water partition coefficient (Wildman–Crippen LogP) is 3.84. The second-order valence-corrected chi connectivity index (χ2v) is 8.12. The number of hydrogen-bond acceptors (Lipinski definition) is 5. The van der Waals surface area contributed by atoms with Crippen molar-refractivity contribution in [2.45, 2.75) is 38.8 Å². The molecule has 0 spiro atoms. The van der Waals surface area contributed by atoms with Gasteiger partial charge in [-0.1, -0.05) is 0 Å². The summed E-state index contributed by atoms with van der Waals surface area (Å²) in [6, 6.07) is 8.47. The van der Waals surface area contributed by atoms with Crippen LogP contribution in [0.1, 0.15) is 36.0 Å². The molecule has 2 aliphatic heterocycles. The van der Waals surface area contributed by atoms with Gasteiger partial charge in [0, 0.05) is 46.0 Å². The summed E-state index contributed by atoms with van der Waals surface area (Å²) < 4.78 is 10.9. The number of benzene rings is 1. The van der Waals surface area contributed by atoms with Crippen LogP contribution in [0.25, 0.3) is 0 Å². The highest BCUT2D eigenvalue weighted by molar-refractivity contribution is 14.0. The van der Waals surface area contributed by atoms with Gasteiger partial charge in [0.15, 0.2) is 17.5 Å². The molecule has 1 N–H and O–H groups in total. The van der Waals surface area contributed by atoms with E-state index in [1.165, 1.54) is 36.0 Å². The van der Waals surface area contributed by atoms with Crippen LogP contribution in [0.3, 0.4) is 0 Å². The van der Waals surface area contributed by atoms with Crippen LogP contribution in [0.4, 0.5) is 5.82 Å². The molecule has 0 radical (unpaired) electrons. The highest BCUT2D eigenvalue weighted by Gasteiger charge is 2.22. The molecule has 0 atom stereocenters. The molecule has 2 aromatic rings.